The van der Waals surface area contributed by atoms with E-state index in [0.717, 1.165) is 23.8 Å². The summed E-state index contributed by atoms with van der Waals surface area (Å²) in [5.41, 5.74) is 2.64. The number of nitrogens with zero attached hydrogens (tertiary/aromatic N) is 2. The van der Waals surface area contributed by atoms with Gasteiger partial charge in [-0.05, 0) is 60.7 Å². The van der Waals surface area contributed by atoms with E-state index in [9.17, 15) is 19.5 Å². The normalized spacial score (nSPS) is 15.3. The number of aromatic hydroxyl groups is 1. The maximum absolute atomic E-state index is 13.3. The summed E-state index contributed by atoms with van der Waals surface area (Å²) in [6.07, 6.45) is 1.67. The Bertz CT molecular complexity index is 1290. The Morgan fingerprint density at radius 2 is 1.65 bits per heavy atom. The van der Waals surface area contributed by atoms with Crippen LogP contribution in [0.25, 0.3) is 10.9 Å². The van der Waals surface area contributed by atoms with Gasteiger partial charge >= 0.3 is 0 Å². The third-order valence-electron chi connectivity index (χ3n) is 6.38. The van der Waals surface area contributed by atoms with E-state index in [1.807, 2.05) is 32.0 Å². The Morgan fingerprint density at radius 1 is 0.971 bits per heavy atom. The van der Waals surface area contributed by atoms with Crippen molar-refractivity contribution in [3.63, 3.8) is 0 Å². The number of carbonyl (C=O) groups is 3. The van der Waals surface area contributed by atoms with Gasteiger partial charge in [0.1, 0.15) is 17.4 Å². The van der Waals surface area contributed by atoms with Crippen molar-refractivity contribution in [1.82, 2.24) is 9.88 Å². The molecule has 0 saturated heterocycles. The molecule has 1 amide bonds. The zero-order valence-corrected chi connectivity index (χ0v) is 20.1. The molecule has 1 aliphatic rings. The van der Waals surface area contributed by atoms with Crippen molar-refractivity contribution >= 4 is 28.4 Å². The van der Waals surface area contributed by atoms with Crippen LogP contribution in [0.3, 0.4) is 0 Å². The van der Waals surface area contributed by atoms with Crippen molar-refractivity contribution < 1.29 is 19.5 Å². The number of benzene rings is 2. The molecule has 0 aliphatic heterocycles. The van der Waals surface area contributed by atoms with Gasteiger partial charge in [0, 0.05) is 35.2 Å². The second-order valence-electron chi connectivity index (χ2n) is 9.21. The lowest BCUT2D eigenvalue weighted by atomic mass is 9.96. The molecule has 0 spiro atoms. The first-order valence-corrected chi connectivity index (χ1v) is 11.9. The van der Waals surface area contributed by atoms with Gasteiger partial charge in [-0.2, -0.15) is 0 Å². The van der Waals surface area contributed by atoms with Crippen LogP contribution in [0.15, 0.2) is 42.5 Å². The predicted molar refractivity (Wildman–Crippen MR) is 132 cm³/mol. The molecular weight excluding hydrogens is 428 g/mol. The van der Waals surface area contributed by atoms with Crippen molar-refractivity contribution in [3.8, 4) is 5.75 Å². The summed E-state index contributed by atoms with van der Waals surface area (Å²) in [5, 5.41) is 11.5. The third-order valence-corrected chi connectivity index (χ3v) is 6.38. The zero-order chi connectivity index (χ0) is 24.6. The van der Waals surface area contributed by atoms with Crippen LogP contribution in [0.5, 0.6) is 5.75 Å². The van der Waals surface area contributed by atoms with Crippen molar-refractivity contribution in [1.29, 1.82) is 0 Å². The molecule has 6 nitrogen and oxygen atoms in total. The largest absolute Gasteiger partial charge is 0.506 e. The first kappa shape index (κ1) is 23.6. The number of pyridine rings is 1. The number of Topliss-reactive ketones (excluding diaryl/α,β-unsaturated/α-hetero) is 2. The monoisotopic (exact) mass is 458 g/mol. The number of carbonyl (C=O) groups excluding carboxylic acids is 3. The van der Waals surface area contributed by atoms with Crippen LogP contribution >= 0.6 is 0 Å². The topological polar surface area (TPSA) is 87.6 Å². The Kier molecular flexibility index (Phi) is 6.51. The average molecular weight is 459 g/mol. The van der Waals surface area contributed by atoms with Crippen LogP contribution in [0.1, 0.15) is 94.7 Å². The molecule has 0 fully saturated rings. The molecule has 176 valence electrons. The van der Waals surface area contributed by atoms with E-state index in [1.165, 1.54) is 6.07 Å². The van der Waals surface area contributed by atoms with E-state index in [2.05, 4.69) is 18.8 Å². The van der Waals surface area contributed by atoms with Crippen LogP contribution in [0.2, 0.25) is 0 Å². The Morgan fingerprint density at radius 3 is 2.29 bits per heavy atom. The van der Waals surface area contributed by atoms with Gasteiger partial charge in [-0.25, -0.2) is 4.98 Å². The van der Waals surface area contributed by atoms with Gasteiger partial charge in [0.15, 0.2) is 11.6 Å². The zero-order valence-electron chi connectivity index (χ0n) is 20.1. The molecule has 34 heavy (non-hydrogen) atoms. The summed E-state index contributed by atoms with van der Waals surface area (Å²) < 4.78 is 0. The summed E-state index contributed by atoms with van der Waals surface area (Å²) >= 11 is 0. The molecule has 6 heteroatoms. The maximum atomic E-state index is 13.3. The van der Waals surface area contributed by atoms with Crippen molar-refractivity contribution in [2.45, 2.75) is 52.4 Å². The minimum Gasteiger partial charge on any atom is -0.506 e. The molecule has 0 saturated carbocycles. The molecule has 0 bridgehead atoms. The molecule has 2 aromatic carbocycles. The molecule has 0 radical (unpaired) electrons. The van der Waals surface area contributed by atoms with Crippen LogP contribution in [-0.2, 0) is 0 Å². The molecule has 1 atom stereocenters. The summed E-state index contributed by atoms with van der Waals surface area (Å²) in [7, 11) is 0. The van der Waals surface area contributed by atoms with Gasteiger partial charge in [-0.15, -0.1) is 0 Å². The molecule has 3 aromatic rings. The molecular formula is C28H30N2O4. The SMILES string of the molecule is CCCN(CCC)C(=O)c1ccc2c(c1)C(=O)C(c1nc3ccc(C(C)C)cc3cc1O)C2=O. The highest BCUT2D eigenvalue weighted by Crippen LogP contribution is 2.38. The van der Waals surface area contributed by atoms with Crippen molar-refractivity contribution in [2.24, 2.45) is 0 Å². The number of aromatic nitrogens is 1. The van der Waals surface area contributed by atoms with E-state index >= 15 is 0 Å². The fourth-order valence-electron chi connectivity index (χ4n) is 4.58. The van der Waals surface area contributed by atoms with E-state index in [-0.39, 0.29) is 28.5 Å². The fraction of sp³-hybridized carbons (Fsp3) is 0.357. The highest BCUT2D eigenvalue weighted by molar-refractivity contribution is 6.30. The van der Waals surface area contributed by atoms with Gasteiger partial charge in [0.05, 0.1) is 5.52 Å². The highest BCUT2D eigenvalue weighted by atomic mass is 16.3. The number of amides is 1. The van der Waals surface area contributed by atoms with Gasteiger partial charge in [-0.3, -0.25) is 14.4 Å². The second-order valence-corrected chi connectivity index (χ2v) is 9.21. The predicted octanol–water partition coefficient (Wildman–Crippen LogP) is 5.49. The Balaban J connectivity index is 1.71. The van der Waals surface area contributed by atoms with Crippen LogP contribution in [0.4, 0.5) is 0 Å². The summed E-state index contributed by atoms with van der Waals surface area (Å²) in [5.74, 6) is -2.06. The molecule has 4 rings (SSSR count). The first-order chi connectivity index (χ1) is 16.3. The number of ketones is 2. The van der Waals surface area contributed by atoms with Gasteiger partial charge < -0.3 is 10.0 Å². The molecule has 1 N–H and O–H groups in total. The number of rotatable bonds is 7. The van der Waals surface area contributed by atoms with Crippen molar-refractivity contribution in [3.05, 3.63) is 70.4 Å². The Hall–Kier alpha value is -3.54. The lowest BCUT2D eigenvalue weighted by Crippen LogP contribution is -2.32. The van der Waals surface area contributed by atoms with Crippen LogP contribution in [0, 0.1) is 0 Å². The van der Waals surface area contributed by atoms with Gasteiger partial charge in [0.25, 0.3) is 5.91 Å². The van der Waals surface area contributed by atoms with Gasteiger partial charge in [-0.1, -0.05) is 33.8 Å². The van der Waals surface area contributed by atoms with E-state index < -0.39 is 17.5 Å². The van der Waals surface area contributed by atoms with E-state index in [1.54, 1.807) is 23.1 Å². The average Bonchev–Trinajstić information content (AvgIpc) is 3.07. The smallest absolute Gasteiger partial charge is 0.253 e. The summed E-state index contributed by atoms with van der Waals surface area (Å²) in [4.78, 5) is 45.8. The quantitative estimate of drug-likeness (QED) is 0.473. The third kappa shape index (κ3) is 4.09. The summed E-state index contributed by atoms with van der Waals surface area (Å²) in [6, 6.07) is 12.0. The van der Waals surface area contributed by atoms with Crippen LogP contribution < -0.4 is 0 Å². The Labute approximate surface area is 199 Å². The van der Waals surface area contributed by atoms with E-state index in [4.69, 9.17) is 0 Å². The van der Waals surface area contributed by atoms with Crippen molar-refractivity contribution in [2.75, 3.05) is 13.1 Å². The number of fused-ring (bicyclic) bond motifs is 2. The van der Waals surface area contributed by atoms with Crippen LogP contribution in [-0.4, -0.2) is 45.6 Å². The maximum Gasteiger partial charge on any atom is 0.253 e. The highest BCUT2D eigenvalue weighted by Gasteiger charge is 2.42. The molecule has 1 aliphatic carbocycles. The first-order valence-electron chi connectivity index (χ1n) is 11.9. The minimum atomic E-state index is -1.21. The number of hydrogen-bond donors (Lipinski definition) is 1. The standard InChI is InChI=1S/C28H30N2O4/c1-5-11-30(12-6-2)28(34)18-7-9-20-21(14-18)27(33)24(26(20)32)25-23(31)15-19-13-17(16(3)4)8-10-22(19)29-25/h7-10,13-16,24,31H,5-6,11-12H2,1-4H3. The molecule has 1 aromatic heterocycles. The van der Waals surface area contributed by atoms with Gasteiger partial charge in [0.2, 0.25) is 0 Å². The number of hydrogen-bond acceptors (Lipinski definition) is 5. The fourth-order valence-corrected chi connectivity index (χ4v) is 4.58. The lowest BCUT2D eigenvalue weighted by Gasteiger charge is -2.21. The molecule has 1 heterocycles. The lowest BCUT2D eigenvalue weighted by molar-refractivity contribution is 0.0755. The summed E-state index contributed by atoms with van der Waals surface area (Å²) in [6.45, 7) is 9.45. The van der Waals surface area contributed by atoms with E-state index in [0.29, 0.717) is 30.1 Å². The minimum absolute atomic E-state index is 0.0578. The second kappa shape index (κ2) is 9.37. The molecule has 1 unspecified atom stereocenters.